The monoisotopic (exact) mass is 967 g/mol. The number of Topliss-reactive ketones (excluding diaryl/α,β-unsaturated/α-hetero) is 1. The molecule has 1 spiro atoms. The fourth-order valence-corrected chi connectivity index (χ4v) is 12.7. The number of methoxy groups -OCH3 is 1. The molecule has 0 aromatic heterocycles. The molecule has 13 nitrogen and oxygen atoms in total. The lowest BCUT2D eigenvalue weighted by molar-refractivity contribution is -0.338. The molecule has 2 rings (SSSR count). The van der Waals surface area contributed by atoms with E-state index >= 15 is 0 Å². The van der Waals surface area contributed by atoms with Crippen molar-refractivity contribution in [3.8, 4) is 0 Å². The maximum atomic E-state index is 14.3. The molecule has 2 saturated heterocycles. The van der Waals surface area contributed by atoms with Crippen LogP contribution in [0, 0.1) is 35.5 Å². The van der Waals surface area contributed by atoms with Gasteiger partial charge in [0, 0.05) is 37.9 Å². The number of hydrogen-bond donors (Lipinski definition) is 2. The van der Waals surface area contributed by atoms with Crippen molar-refractivity contribution >= 4 is 32.0 Å². The number of carbonyl (C=O) groups is 4. The van der Waals surface area contributed by atoms with E-state index < -0.39 is 85.9 Å². The van der Waals surface area contributed by atoms with Crippen molar-refractivity contribution < 1.29 is 62.2 Å². The molecule has 14 heteroatoms. The summed E-state index contributed by atoms with van der Waals surface area (Å²) in [4.78, 5) is 53.7. The number of ketones is 1. The third kappa shape index (κ3) is 18.0. The third-order valence-electron chi connectivity index (χ3n) is 14.7. The Morgan fingerprint density at radius 1 is 0.851 bits per heavy atom. The average Bonchev–Trinajstić information content (AvgIpc) is 3.26. The van der Waals surface area contributed by atoms with Gasteiger partial charge in [0.05, 0.1) is 49.1 Å². The van der Waals surface area contributed by atoms with Crippen molar-refractivity contribution in [2.24, 2.45) is 35.5 Å². The molecule has 2 heterocycles. The predicted octanol–water partition coefficient (Wildman–Crippen LogP) is 10.2. The molecule has 0 aliphatic carbocycles. The summed E-state index contributed by atoms with van der Waals surface area (Å²) in [5, 5.41) is 22.9. The first-order valence-electron chi connectivity index (χ1n) is 25.7. The Hall–Kier alpha value is -2.46. The van der Waals surface area contributed by atoms with Crippen molar-refractivity contribution in [2.75, 3.05) is 13.7 Å². The number of aliphatic hydroxyl groups is 2. The van der Waals surface area contributed by atoms with Crippen molar-refractivity contribution in [3.63, 3.8) is 0 Å². The lowest BCUT2D eigenvalue weighted by Crippen LogP contribution is -2.53. The molecule has 0 aromatic rings. The molecule has 2 N–H and O–H groups in total. The minimum absolute atomic E-state index is 0.00493. The first-order chi connectivity index (χ1) is 31.3. The molecule has 0 bridgehead atoms. The van der Waals surface area contributed by atoms with Crippen LogP contribution in [0.15, 0.2) is 23.8 Å². The fourth-order valence-electron chi connectivity index (χ4n) is 9.77. The molecular formula is C53H94O13Si. The SMILES string of the molecule is C=C[C@@H](C)CC[C@@H]1O[C@@]2(CC[C@H]1C)CC[C@H](C)[C@H]([C@H](C)CC[C@H](O[Si](CC)(CC)CC)[C@H](C)C(=O)C[C@@H](O)[C@H](OC)[C@H](OC(=O)C[C@@H](O)/C(C(=O)OC(C)(C)C)=C(\C)C(=O)OCC)C(C)C)O2. The van der Waals surface area contributed by atoms with Gasteiger partial charge in [-0.15, -0.1) is 6.58 Å². The number of ether oxygens (including phenoxy) is 6. The highest BCUT2D eigenvalue weighted by Crippen LogP contribution is 2.46. The van der Waals surface area contributed by atoms with Crippen LogP contribution >= 0.6 is 0 Å². The van der Waals surface area contributed by atoms with E-state index in [0.29, 0.717) is 24.2 Å². The van der Waals surface area contributed by atoms with Gasteiger partial charge in [-0.05, 0) is 121 Å². The van der Waals surface area contributed by atoms with E-state index in [2.05, 4.69) is 55.0 Å². The van der Waals surface area contributed by atoms with Crippen LogP contribution in [0.4, 0.5) is 0 Å². The molecule has 0 saturated carbocycles. The Labute approximate surface area is 406 Å². The lowest BCUT2D eigenvalue weighted by Gasteiger charge is -2.51. The first kappa shape index (κ1) is 60.7. The summed E-state index contributed by atoms with van der Waals surface area (Å²) < 4.78 is 43.3. The predicted molar refractivity (Wildman–Crippen MR) is 264 cm³/mol. The second kappa shape index (κ2) is 27.8. The van der Waals surface area contributed by atoms with Gasteiger partial charge in [-0.3, -0.25) is 9.59 Å². The summed E-state index contributed by atoms with van der Waals surface area (Å²) in [7, 11) is -0.812. The van der Waals surface area contributed by atoms with Crippen LogP contribution in [0.5, 0.6) is 0 Å². The van der Waals surface area contributed by atoms with Crippen LogP contribution in [0.1, 0.15) is 168 Å². The van der Waals surface area contributed by atoms with E-state index in [0.717, 1.165) is 63.1 Å². The molecule has 2 aliphatic heterocycles. The van der Waals surface area contributed by atoms with E-state index in [1.54, 1.807) is 41.5 Å². The van der Waals surface area contributed by atoms with Gasteiger partial charge in [0.15, 0.2) is 14.1 Å². The van der Waals surface area contributed by atoms with Crippen LogP contribution in [0.2, 0.25) is 18.1 Å². The zero-order chi connectivity index (χ0) is 51.0. The van der Waals surface area contributed by atoms with Crippen molar-refractivity contribution in [2.45, 2.75) is 240 Å². The van der Waals surface area contributed by atoms with Crippen LogP contribution < -0.4 is 0 Å². The van der Waals surface area contributed by atoms with E-state index in [-0.39, 0.29) is 48.6 Å². The first-order valence-corrected chi connectivity index (χ1v) is 28.2. The van der Waals surface area contributed by atoms with Gasteiger partial charge in [-0.2, -0.15) is 0 Å². The van der Waals surface area contributed by atoms with E-state index in [9.17, 15) is 29.4 Å². The summed E-state index contributed by atoms with van der Waals surface area (Å²) in [6.45, 7) is 32.8. The van der Waals surface area contributed by atoms with Gasteiger partial charge in [0.1, 0.15) is 23.6 Å². The number of hydrogen-bond acceptors (Lipinski definition) is 13. The van der Waals surface area contributed by atoms with Gasteiger partial charge in [0.25, 0.3) is 0 Å². The number of rotatable bonds is 28. The third-order valence-corrected chi connectivity index (χ3v) is 19.3. The van der Waals surface area contributed by atoms with E-state index in [4.69, 9.17) is 32.8 Å². The quantitative estimate of drug-likeness (QED) is 0.0250. The number of esters is 3. The molecule has 388 valence electrons. The Morgan fingerprint density at radius 2 is 1.45 bits per heavy atom. The number of allylic oxidation sites excluding steroid dienone is 1. The summed E-state index contributed by atoms with van der Waals surface area (Å²) in [5.74, 6) is -3.00. The van der Waals surface area contributed by atoms with Crippen molar-refractivity contribution in [1.82, 2.24) is 0 Å². The second-order valence-electron chi connectivity index (χ2n) is 21.3. The van der Waals surface area contributed by atoms with Crippen molar-refractivity contribution in [1.29, 1.82) is 0 Å². The highest BCUT2D eigenvalue weighted by Gasteiger charge is 2.48. The lowest BCUT2D eigenvalue weighted by atomic mass is 9.79. The van der Waals surface area contributed by atoms with Gasteiger partial charge in [0.2, 0.25) is 0 Å². The van der Waals surface area contributed by atoms with Gasteiger partial charge in [-0.1, -0.05) is 75.3 Å². The van der Waals surface area contributed by atoms with Gasteiger partial charge in [-0.25, -0.2) is 9.59 Å². The zero-order valence-electron chi connectivity index (χ0n) is 44.6. The number of carbonyl (C=O) groups excluding carboxylic acids is 4. The minimum Gasteiger partial charge on any atom is -0.463 e. The Balaban J connectivity index is 2.29. The molecular weight excluding hydrogens is 873 g/mol. The molecule has 0 unspecified atom stereocenters. The molecule has 0 radical (unpaired) electrons. The average molecular weight is 967 g/mol. The second-order valence-corrected chi connectivity index (χ2v) is 26.1. The molecule has 2 aliphatic rings. The van der Waals surface area contributed by atoms with Crippen LogP contribution in [0.3, 0.4) is 0 Å². The van der Waals surface area contributed by atoms with Crippen LogP contribution in [-0.4, -0.2) is 110 Å². The van der Waals surface area contributed by atoms with E-state index in [1.807, 2.05) is 13.0 Å². The molecule has 0 aromatic carbocycles. The topological polar surface area (TPSA) is 173 Å². The summed E-state index contributed by atoms with van der Waals surface area (Å²) in [5.41, 5.74) is -1.58. The summed E-state index contributed by atoms with van der Waals surface area (Å²) in [6, 6.07) is 2.76. The smallest absolute Gasteiger partial charge is 0.337 e. The minimum atomic E-state index is -2.19. The normalized spacial score (nSPS) is 25.5. The highest BCUT2D eigenvalue weighted by atomic mass is 28.4. The standard InChI is InChI=1S/C53H94O13Si/c1-18-34(8)23-25-43-35(9)27-29-53(63-43)30-28-37(11)48(64-53)36(10)24-26-44(66-67(20-3,21-4)22-5)38(12)40(54)31-42(56)49(60-17)47(33(6)7)62-45(57)32-41(55)46(39(13)50(58)61-19-2)51(59)65-52(14,15)16/h18,33-38,41-44,47-49,55-56H,1,19-32H2,2-17H3/b46-39-/t34-,35-,36-,37+,38-,41-,42-,43+,44+,47-,48+,49+,53-/m1/s1. The van der Waals surface area contributed by atoms with Crippen molar-refractivity contribution in [3.05, 3.63) is 23.8 Å². The fraction of sp³-hybridized carbons (Fsp3) is 0.849. The largest absolute Gasteiger partial charge is 0.463 e. The molecule has 2 fully saturated rings. The Morgan fingerprint density at radius 3 is 1.97 bits per heavy atom. The van der Waals surface area contributed by atoms with E-state index in [1.165, 1.54) is 14.0 Å². The maximum Gasteiger partial charge on any atom is 0.337 e. The highest BCUT2D eigenvalue weighted by molar-refractivity contribution is 6.73. The molecule has 0 amide bonds. The number of aliphatic hydroxyl groups excluding tert-OH is 2. The molecule has 67 heavy (non-hydrogen) atoms. The molecule has 13 atom stereocenters. The Kier molecular flexibility index (Phi) is 25.2. The zero-order valence-corrected chi connectivity index (χ0v) is 45.6. The summed E-state index contributed by atoms with van der Waals surface area (Å²) >= 11 is 0. The summed E-state index contributed by atoms with van der Waals surface area (Å²) in [6.07, 6.45) is 2.86. The maximum absolute atomic E-state index is 14.3. The van der Waals surface area contributed by atoms with Crippen LogP contribution in [0.25, 0.3) is 0 Å². The Bertz CT molecular complexity index is 1590. The van der Waals surface area contributed by atoms with Gasteiger partial charge < -0.3 is 43.1 Å². The van der Waals surface area contributed by atoms with Crippen LogP contribution in [-0.2, 0) is 52.0 Å². The van der Waals surface area contributed by atoms with Gasteiger partial charge >= 0.3 is 17.9 Å².